The summed E-state index contributed by atoms with van der Waals surface area (Å²) in [6.45, 7) is 4.02. The first-order valence-corrected chi connectivity index (χ1v) is 9.03. The lowest BCUT2D eigenvalue weighted by atomic mass is 10.1. The highest BCUT2D eigenvalue weighted by Crippen LogP contribution is 2.27. The number of benzene rings is 1. The van der Waals surface area contributed by atoms with Gasteiger partial charge in [0, 0.05) is 18.3 Å². The van der Waals surface area contributed by atoms with Gasteiger partial charge in [0.15, 0.2) is 17.3 Å². The number of amides is 1. The van der Waals surface area contributed by atoms with Crippen molar-refractivity contribution in [1.29, 1.82) is 0 Å². The molecule has 152 valence electrons. The smallest absolute Gasteiger partial charge is 0.270 e. The minimum absolute atomic E-state index is 0.271. The Morgan fingerprint density at radius 2 is 1.86 bits per heavy atom. The van der Waals surface area contributed by atoms with Gasteiger partial charge in [-0.2, -0.15) is 0 Å². The van der Waals surface area contributed by atoms with Crippen molar-refractivity contribution in [2.45, 2.75) is 20.3 Å². The van der Waals surface area contributed by atoms with E-state index in [0.29, 0.717) is 41.7 Å². The van der Waals surface area contributed by atoms with Crippen molar-refractivity contribution in [1.82, 2.24) is 20.4 Å². The molecule has 0 saturated heterocycles. The Kier molecular flexibility index (Phi) is 6.28. The fraction of sp³-hybridized carbons (Fsp3) is 0.300. The van der Waals surface area contributed by atoms with Gasteiger partial charge in [-0.15, -0.1) is 0 Å². The van der Waals surface area contributed by atoms with Crippen LogP contribution in [-0.2, 0) is 6.42 Å². The number of methoxy groups -OCH3 is 2. The van der Waals surface area contributed by atoms with Gasteiger partial charge in [0.1, 0.15) is 11.5 Å². The summed E-state index contributed by atoms with van der Waals surface area (Å²) < 4.78 is 15.5. The van der Waals surface area contributed by atoms with Crippen LogP contribution in [0.4, 0.5) is 11.8 Å². The number of nitrogens with zero attached hydrogens (tertiary/aromatic N) is 3. The van der Waals surface area contributed by atoms with Crippen molar-refractivity contribution in [2.24, 2.45) is 0 Å². The summed E-state index contributed by atoms with van der Waals surface area (Å²) in [6, 6.07) is 9.01. The Morgan fingerprint density at radius 3 is 2.55 bits per heavy atom. The number of rotatable bonds is 8. The van der Waals surface area contributed by atoms with E-state index in [-0.39, 0.29) is 17.5 Å². The molecular formula is C20H23N5O4. The van der Waals surface area contributed by atoms with E-state index in [1.54, 1.807) is 40.2 Å². The average molecular weight is 397 g/mol. The van der Waals surface area contributed by atoms with E-state index >= 15 is 0 Å². The fourth-order valence-electron chi connectivity index (χ4n) is 2.73. The number of carbonyl (C=O) groups excluding carboxylic acids is 1. The summed E-state index contributed by atoms with van der Waals surface area (Å²) in [6.07, 6.45) is 0.638. The van der Waals surface area contributed by atoms with Gasteiger partial charge in [-0.05, 0) is 44.0 Å². The van der Waals surface area contributed by atoms with Crippen molar-refractivity contribution in [2.75, 3.05) is 26.1 Å². The second-order valence-corrected chi connectivity index (χ2v) is 6.36. The molecule has 0 fully saturated rings. The van der Waals surface area contributed by atoms with Crippen LogP contribution in [0.5, 0.6) is 11.5 Å². The zero-order valence-electron chi connectivity index (χ0n) is 16.8. The quantitative estimate of drug-likeness (QED) is 0.597. The number of aromatic nitrogens is 3. The van der Waals surface area contributed by atoms with Crippen molar-refractivity contribution < 1.29 is 18.8 Å². The summed E-state index contributed by atoms with van der Waals surface area (Å²) >= 11 is 0. The van der Waals surface area contributed by atoms with E-state index in [2.05, 4.69) is 25.8 Å². The predicted octanol–water partition coefficient (Wildman–Crippen LogP) is 2.81. The fourth-order valence-corrected chi connectivity index (χ4v) is 2.73. The van der Waals surface area contributed by atoms with Crippen molar-refractivity contribution >= 4 is 17.7 Å². The van der Waals surface area contributed by atoms with Gasteiger partial charge in [-0.1, -0.05) is 11.2 Å². The molecule has 0 aliphatic rings. The zero-order chi connectivity index (χ0) is 20.8. The molecule has 1 amide bonds. The third-order valence-corrected chi connectivity index (χ3v) is 4.10. The normalized spacial score (nSPS) is 10.5. The minimum Gasteiger partial charge on any atom is -0.493 e. The standard InChI is InChI=1S/C20H23N5O4/c1-12-9-15(23-20(22-12)24-18-10-13(2)29-25-18)19(26)21-8-7-14-5-6-16(27-3)17(11-14)28-4/h5-6,9-11H,7-8H2,1-4H3,(H,21,26)(H,22,23,24,25). The highest BCUT2D eigenvalue weighted by atomic mass is 16.5. The second kappa shape index (κ2) is 9.05. The third-order valence-electron chi connectivity index (χ3n) is 4.10. The largest absolute Gasteiger partial charge is 0.493 e. The molecule has 29 heavy (non-hydrogen) atoms. The first-order valence-electron chi connectivity index (χ1n) is 9.03. The molecule has 9 heteroatoms. The first kappa shape index (κ1) is 20.1. The maximum Gasteiger partial charge on any atom is 0.270 e. The van der Waals surface area contributed by atoms with Crippen molar-refractivity contribution in [3.8, 4) is 11.5 Å². The number of ether oxygens (including phenoxy) is 2. The molecule has 0 atom stereocenters. The predicted molar refractivity (Wildman–Crippen MR) is 107 cm³/mol. The van der Waals surface area contributed by atoms with Crippen LogP contribution < -0.4 is 20.1 Å². The third kappa shape index (κ3) is 5.22. The number of hydrogen-bond donors (Lipinski definition) is 2. The highest BCUT2D eigenvalue weighted by molar-refractivity contribution is 5.92. The van der Waals surface area contributed by atoms with E-state index in [0.717, 1.165) is 5.56 Å². The zero-order valence-corrected chi connectivity index (χ0v) is 16.8. The Balaban J connectivity index is 1.62. The molecule has 2 aromatic heterocycles. The van der Waals surface area contributed by atoms with Gasteiger partial charge >= 0.3 is 0 Å². The summed E-state index contributed by atoms with van der Waals surface area (Å²) in [5.41, 5.74) is 1.95. The molecular weight excluding hydrogens is 374 g/mol. The van der Waals surface area contributed by atoms with Gasteiger partial charge in [0.2, 0.25) is 5.95 Å². The lowest BCUT2D eigenvalue weighted by Gasteiger charge is -2.10. The van der Waals surface area contributed by atoms with E-state index in [9.17, 15) is 4.79 Å². The van der Waals surface area contributed by atoms with E-state index in [1.165, 1.54) is 0 Å². The Hall–Kier alpha value is -3.62. The van der Waals surface area contributed by atoms with Crippen LogP contribution in [0.15, 0.2) is 34.9 Å². The molecule has 0 unspecified atom stereocenters. The molecule has 1 aromatic carbocycles. The van der Waals surface area contributed by atoms with Crippen LogP contribution in [0.25, 0.3) is 0 Å². The lowest BCUT2D eigenvalue weighted by molar-refractivity contribution is 0.0949. The van der Waals surface area contributed by atoms with E-state index < -0.39 is 0 Å². The van der Waals surface area contributed by atoms with Crippen LogP contribution in [-0.4, -0.2) is 41.8 Å². The van der Waals surface area contributed by atoms with Crippen LogP contribution in [0.1, 0.15) is 27.5 Å². The molecule has 0 bridgehead atoms. The summed E-state index contributed by atoms with van der Waals surface area (Å²) in [5.74, 6) is 2.46. The van der Waals surface area contributed by atoms with Gasteiger partial charge in [0.25, 0.3) is 5.91 Å². The van der Waals surface area contributed by atoms with Crippen molar-refractivity contribution in [3.05, 3.63) is 53.0 Å². The van der Waals surface area contributed by atoms with Crippen molar-refractivity contribution in [3.63, 3.8) is 0 Å². The van der Waals surface area contributed by atoms with Crippen LogP contribution in [0.3, 0.4) is 0 Å². The first-order chi connectivity index (χ1) is 14.0. The lowest BCUT2D eigenvalue weighted by Crippen LogP contribution is -2.27. The molecule has 0 aliphatic carbocycles. The maximum atomic E-state index is 12.5. The SMILES string of the molecule is COc1ccc(CCNC(=O)c2cc(C)nc(Nc3cc(C)on3)n2)cc1OC. The average Bonchev–Trinajstić information content (AvgIpc) is 3.11. The van der Waals surface area contributed by atoms with E-state index in [4.69, 9.17) is 14.0 Å². The van der Waals surface area contributed by atoms with Gasteiger partial charge in [-0.25, -0.2) is 9.97 Å². The minimum atomic E-state index is -0.282. The molecule has 2 N–H and O–H groups in total. The number of nitrogens with one attached hydrogen (secondary N) is 2. The highest BCUT2D eigenvalue weighted by Gasteiger charge is 2.12. The van der Waals surface area contributed by atoms with Crippen LogP contribution in [0, 0.1) is 13.8 Å². The molecule has 0 radical (unpaired) electrons. The van der Waals surface area contributed by atoms with Gasteiger partial charge in [0.05, 0.1) is 14.2 Å². The monoisotopic (exact) mass is 397 g/mol. The Morgan fingerprint density at radius 1 is 1.07 bits per heavy atom. The molecule has 0 spiro atoms. The van der Waals surface area contributed by atoms with Crippen LogP contribution >= 0.6 is 0 Å². The van der Waals surface area contributed by atoms with E-state index in [1.807, 2.05) is 18.2 Å². The van der Waals surface area contributed by atoms with Gasteiger partial charge in [-0.3, -0.25) is 4.79 Å². The second-order valence-electron chi connectivity index (χ2n) is 6.36. The Bertz CT molecular complexity index is 1000. The molecule has 3 aromatic rings. The maximum absolute atomic E-state index is 12.5. The number of carbonyl (C=O) groups is 1. The topological polar surface area (TPSA) is 111 Å². The number of hydrogen-bond acceptors (Lipinski definition) is 8. The molecule has 0 saturated carbocycles. The van der Waals surface area contributed by atoms with Crippen LogP contribution in [0.2, 0.25) is 0 Å². The summed E-state index contributed by atoms with van der Waals surface area (Å²) in [4.78, 5) is 21.0. The summed E-state index contributed by atoms with van der Waals surface area (Å²) in [5, 5.41) is 9.65. The molecule has 2 heterocycles. The molecule has 0 aliphatic heterocycles. The number of anilines is 2. The van der Waals surface area contributed by atoms with Gasteiger partial charge < -0.3 is 24.6 Å². The molecule has 9 nitrogen and oxygen atoms in total. The summed E-state index contributed by atoms with van der Waals surface area (Å²) in [7, 11) is 3.18. The Labute approximate surface area is 168 Å². The number of aryl methyl sites for hydroxylation is 2. The molecule has 3 rings (SSSR count).